The zero-order valence-electron chi connectivity index (χ0n) is 16.5. The Morgan fingerprint density at radius 1 is 0.769 bits per heavy atom. The number of carboxylic acids is 1. The maximum absolute atomic E-state index is 11.1. The van der Waals surface area contributed by atoms with Gasteiger partial charge in [0, 0.05) is 6.61 Å². The smallest absolute Gasteiger partial charge is 0.306 e. The minimum Gasteiger partial charge on any atom is -0.481 e. The molecule has 0 fully saturated rings. The van der Waals surface area contributed by atoms with Gasteiger partial charge in [-0.1, -0.05) is 68.4 Å². The first-order chi connectivity index (χ1) is 12.7. The van der Waals surface area contributed by atoms with Gasteiger partial charge in [-0.2, -0.15) is 0 Å². The minimum absolute atomic E-state index is 0.0636. The van der Waals surface area contributed by atoms with Crippen molar-refractivity contribution < 1.29 is 15.0 Å². The van der Waals surface area contributed by atoms with Crippen LogP contribution in [0, 0.1) is 5.92 Å². The molecule has 1 atom stereocenters. The summed E-state index contributed by atoms with van der Waals surface area (Å²) in [5, 5.41) is 17.9. The van der Waals surface area contributed by atoms with E-state index in [1.54, 1.807) is 0 Å². The molecule has 3 heteroatoms. The fourth-order valence-corrected chi connectivity index (χ4v) is 2.59. The molecule has 0 aliphatic heterocycles. The van der Waals surface area contributed by atoms with Crippen LogP contribution in [0.25, 0.3) is 0 Å². The lowest BCUT2D eigenvalue weighted by Gasteiger charge is -2.09. The Labute approximate surface area is 160 Å². The quantitative estimate of drug-likeness (QED) is 0.239. The molecule has 1 unspecified atom stereocenters. The van der Waals surface area contributed by atoms with Crippen LogP contribution in [0.4, 0.5) is 0 Å². The standard InChI is InChI=1S/C23H38O3/c1-2-3-4-5-6-7-8-9-10-11-12-13-14-15-16-17-19-22(23(25)26)20-18-21-24/h6-7,9-10,12-13,15-16,22,24H,2-5,8,11,14,17-21H2,1H3,(H,25,26)/b7-6-,10-9-,13-12-,16-15-. The van der Waals surface area contributed by atoms with Gasteiger partial charge in [0.1, 0.15) is 0 Å². The maximum atomic E-state index is 11.1. The van der Waals surface area contributed by atoms with Crippen LogP contribution in [-0.2, 0) is 4.79 Å². The summed E-state index contributed by atoms with van der Waals surface area (Å²) >= 11 is 0. The second-order valence-corrected chi connectivity index (χ2v) is 6.57. The van der Waals surface area contributed by atoms with Gasteiger partial charge in [0.25, 0.3) is 0 Å². The van der Waals surface area contributed by atoms with Crippen molar-refractivity contribution in [3.8, 4) is 0 Å². The molecule has 0 spiro atoms. The van der Waals surface area contributed by atoms with Crippen molar-refractivity contribution in [3.63, 3.8) is 0 Å². The normalized spacial score (nSPS) is 13.6. The fourth-order valence-electron chi connectivity index (χ4n) is 2.59. The van der Waals surface area contributed by atoms with Crippen molar-refractivity contribution in [2.24, 2.45) is 5.92 Å². The molecular weight excluding hydrogens is 324 g/mol. The molecule has 0 aromatic heterocycles. The van der Waals surface area contributed by atoms with Gasteiger partial charge in [-0.05, 0) is 57.8 Å². The summed E-state index contributed by atoms with van der Waals surface area (Å²) < 4.78 is 0. The SMILES string of the molecule is CCCCC/C=C\C/C=C\C/C=C\C/C=C\CCC(CCCO)C(=O)O. The second-order valence-electron chi connectivity index (χ2n) is 6.57. The van der Waals surface area contributed by atoms with E-state index in [1.807, 2.05) is 0 Å². The molecule has 26 heavy (non-hydrogen) atoms. The molecule has 0 rings (SSSR count). The predicted octanol–water partition coefficient (Wildman–Crippen LogP) is 6.22. The highest BCUT2D eigenvalue weighted by Gasteiger charge is 2.15. The van der Waals surface area contributed by atoms with Gasteiger partial charge < -0.3 is 10.2 Å². The zero-order valence-corrected chi connectivity index (χ0v) is 16.5. The molecule has 0 bridgehead atoms. The van der Waals surface area contributed by atoms with Gasteiger partial charge in [-0.3, -0.25) is 4.79 Å². The van der Waals surface area contributed by atoms with Crippen molar-refractivity contribution in [1.82, 2.24) is 0 Å². The largest absolute Gasteiger partial charge is 0.481 e. The molecule has 3 nitrogen and oxygen atoms in total. The van der Waals surface area contributed by atoms with E-state index >= 15 is 0 Å². The second kappa shape index (κ2) is 19.7. The van der Waals surface area contributed by atoms with Crippen molar-refractivity contribution in [3.05, 3.63) is 48.6 Å². The lowest BCUT2D eigenvalue weighted by atomic mass is 9.98. The summed E-state index contributed by atoms with van der Waals surface area (Å²) in [4.78, 5) is 11.1. The third kappa shape index (κ3) is 17.2. The zero-order chi connectivity index (χ0) is 19.3. The first-order valence-corrected chi connectivity index (χ1v) is 10.2. The monoisotopic (exact) mass is 362 g/mol. The Bertz CT molecular complexity index is 433. The molecule has 0 aromatic rings. The van der Waals surface area contributed by atoms with Crippen LogP contribution >= 0.6 is 0 Å². The summed E-state index contributed by atoms with van der Waals surface area (Å²) in [6.45, 7) is 2.29. The number of allylic oxidation sites excluding steroid dienone is 8. The molecule has 0 saturated carbocycles. The van der Waals surface area contributed by atoms with Crippen LogP contribution < -0.4 is 0 Å². The van der Waals surface area contributed by atoms with Crippen molar-refractivity contribution in [1.29, 1.82) is 0 Å². The van der Waals surface area contributed by atoms with Crippen LogP contribution in [0.5, 0.6) is 0 Å². The summed E-state index contributed by atoms with van der Waals surface area (Å²) in [6, 6.07) is 0. The first kappa shape index (κ1) is 24.4. The van der Waals surface area contributed by atoms with Crippen LogP contribution in [0.2, 0.25) is 0 Å². The highest BCUT2D eigenvalue weighted by Crippen LogP contribution is 2.14. The van der Waals surface area contributed by atoms with Crippen LogP contribution in [0.15, 0.2) is 48.6 Å². The molecule has 0 amide bonds. The topological polar surface area (TPSA) is 57.5 Å². The van der Waals surface area contributed by atoms with Gasteiger partial charge in [-0.25, -0.2) is 0 Å². The average Bonchev–Trinajstić information content (AvgIpc) is 2.63. The predicted molar refractivity (Wildman–Crippen MR) is 111 cm³/mol. The van der Waals surface area contributed by atoms with E-state index in [1.165, 1.54) is 25.7 Å². The number of aliphatic carboxylic acids is 1. The number of unbranched alkanes of at least 4 members (excludes halogenated alkanes) is 3. The molecule has 0 aromatic carbocycles. The molecule has 0 heterocycles. The molecule has 0 saturated heterocycles. The Kier molecular flexibility index (Phi) is 18.5. The van der Waals surface area contributed by atoms with E-state index in [9.17, 15) is 4.79 Å². The number of aliphatic hydroxyl groups is 1. The third-order valence-electron chi connectivity index (χ3n) is 4.20. The number of carboxylic acid groups (broad SMARTS) is 1. The molecule has 0 radical (unpaired) electrons. The molecule has 0 aliphatic carbocycles. The summed E-state index contributed by atoms with van der Waals surface area (Å²) in [5.41, 5.74) is 0. The van der Waals surface area contributed by atoms with Crippen molar-refractivity contribution in [2.45, 2.75) is 77.6 Å². The lowest BCUT2D eigenvalue weighted by molar-refractivity contribution is -0.142. The highest BCUT2D eigenvalue weighted by atomic mass is 16.4. The highest BCUT2D eigenvalue weighted by molar-refractivity contribution is 5.69. The summed E-state index contributed by atoms with van der Waals surface area (Å²) in [6.07, 6.45) is 27.8. The minimum atomic E-state index is -0.755. The number of aliphatic hydroxyl groups excluding tert-OH is 1. The number of carbonyl (C=O) groups is 1. The number of rotatable bonds is 17. The molecule has 148 valence electrons. The van der Waals surface area contributed by atoms with Crippen molar-refractivity contribution in [2.75, 3.05) is 6.61 Å². The van der Waals surface area contributed by atoms with Crippen LogP contribution in [-0.4, -0.2) is 22.8 Å². The first-order valence-electron chi connectivity index (χ1n) is 10.2. The Hall–Kier alpha value is -1.61. The van der Waals surface area contributed by atoms with E-state index in [2.05, 4.69) is 55.5 Å². The van der Waals surface area contributed by atoms with E-state index in [-0.39, 0.29) is 12.5 Å². The van der Waals surface area contributed by atoms with Crippen molar-refractivity contribution >= 4 is 5.97 Å². The van der Waals surface area contributed by atoms with E-state index in [0.717, 1.165) is 25.7 Å². The van der Waals surface area contributed by atoms with Gasteiger partial charge >= 0.3 is 5.97 Å². The van der Waals surface area contributed by atoms with Crippen LogP contribution in [0.3, 0.4) is 0 Å². The molecule has 2 N–H and O–H groups in total. The lowest BCUT2D eigenvalue weighted by Crippen LogP contribution is -2.13. The van der Waals surface area contributed by atoms with Gasteiger partial charge in [0.2, 0.25) is 0 Å². The number of hydrogen-bond acceptors (Lipinski definition) is 2. The average molecular weight is 363 g/mol. The molecular formula is C23H38O3. The summed E-state index contributed by atoms with van der Waals surface area (Å²) in [5.74, 6) is -1.09. The van der Waals surface area contributed by atoms with E-state index in [4.69, 9.17) is 10.2 Å². The number of hydrogen-bond donors (Lipinski definition) is 2. The Balaban J connectivity index is 3.65. The van der Waals surface area contributed by atoms with E-state index < -0.39 is 5.97 Å². The van der Waals surface area contributed by atoms with Gasteiger partial charge in [0.15, 0.2) is 0 Å². The third-order valence-corrected chi connectivity index (χ3v) is 4.20. The summed E-state index contributed by atoms with van der Waals surface area (Å²) in [7, 11) is 0. The van der Waals surface area contributed by atoms with E-state index in [0.29, 0.717) is 19.3 Å². The fraction of sp³-hybridized carbons (Fsp3) is 0.609. The van der Waals surface area contributed by atoms with Gasteiger partial charge in [0.05, 0.1) is 5.92 Å². The van der Waals surface area contributed by atoms with Gasteiger partial charge in [-0.15, -0.1) is 0 Å². The van der Waals surface area contributed by atoms with Crippen LogP contribution in [0.1, 0.15) is 77.6 Å². The maximum Gasteiger partial charge on any atom is 0.306 e. The Morgan fingerprint density at radius 3 is 1.81 bits per heavy atom. The molecule has 0 aliphatic rings. The Morgan fingerprint density at radius 2 is 1.31 bits per heavy atom.